The van der Waals surface area contributed by atoms with Crippen LogP contribution in [-0.4, -0.2) is 10.2 Å². The Hall–Kier alpha value is -4.40. The van der Waals surface area contributed by atoms with Gasteiger partial charge in [0.25, 0.3) is 0 Å². The van der Waals surface area contributed by atoms with Crippen LogP contribution in [0, 0.1) is 0 Å². The fourth-order valence-corrected chi connectivity index (χ4v) is 4.59. The van der Waals surface area contributed by atoms with Gasteiger partial charge >= 0.3 is 12.4 Å². The quantitative estimate of drug-likeness (QED) is 0.173. The van der Waals surface area contributed by atoms with E-state index in [1.54, 1.807) is 48.5 Å². The number of hydrogen-bond donors (Lipinski definition) is 0. The molecule has 0 amide bonds. The summed E-state index contributed by atoms with van der Waals surface area (Å²) in [5.41, 5.74) is -3.70. The average molecular weight is 508 g/mol. The van der Waals surface area contributed by atoms with Gasteiger partial charge in [0.05, 0.1) is 11.1 Å². The summed E-state index contributed by atoms with van der Waals surface area (Å²) in [7, 11) is 0. The number of nitrogens with zero attached hydrogens (tertiary/aromatic N) is 2. The maximum absolute atomic E-state index is 14.0. The number of hydrogen-bond acceptors (Lipinski definition) is 3. The zero-order valence-corrected chi connectivity index (χ0v) is 18.7. The van der Waals surface area contributed by atoms with Crippen molar-refractivity contribution in [1.29, 1.82) is 0 Å². The van der Waals surface area contributed by atoms with E-state index in [0.29, 0.717) is 34.2 Å². The van der Waals surface area contributed by atoms with E-state index in [0.717, 1.165) is 16.8 Å². The summed E-state index contributed by atoms with van der Waals surface area (Å²) in [4.78, 5) is 0. The van der Waals surface area contributed by atoms with Gasteiger partial charge in [-0.2, -0.15) is 26.3 Å². The summed E-state index contributed by atoms with van der Waals surface area (Å²) in [6.07, 6.45) is -10.1. The third kappa shape index (κ3) is 3.87. The van der Waals surface area contributed by atoms with Crippen LogP contribution in [0.15, 0.2) is 89.3 Å². The molecule has 0 aliphatic heterocycles. The van der Waals surface area contributed by atoms with Crippen LogP contribution < -0.4 is 0 Å². The number of aromatic nitrogens is 2. The van der Waals surface area contributed by atoms with Crippen LogP contribution in [0.3, 0.4) is 0 Å². The number of benzene rings is 4. The lowest BCUT2D eigenvalue weighted by Gasteiger charge is -2.19. The number of alkyl halides is 6. The Balaban J connectivity index is 1.74. The smallest absolute Gasteiger partial charge is 0.417 e. The molecule has 184 valence electrons. The maximum Gasteiger partial charge on any atom is 0.417 e. The van der Waals surface area contributed by atoms with Gasteiger partial charge in [-0.1, -0.05) is 48.5 Å². The van der Waals surface area contributed by atoms with E-state index in [9.17, 15) is 26.3 Å². The standard InChI is InChI=1S/C28H14F6N2O/c29-27(30,31)20-9-5-10-21(28(32,33)34)24(20)26-19-13-16-7-2-1-6-15(16)12-18(19)25(35-36-26)23-14-17-8-3-4-11-22(17)37-23/h1-14H. The molecule has 0 aliphatic rings. The minimum absolute atomic E-state index is 0.0892. The van der Waals surface area contributed by atoms with Crippen molar-refractivity contribution in [2.45, 2.75) is 12.4 Å². The van der Waals surface area contributed by atoms with E-state index >= 15 is 0 Å². The molecule has 0 radical (unpaired) electrons. The molecule has 9 heteroatoms. The third-order valence-corrected chi connectivity index (χ3v) is 6.22. The molecule has 0 saturated carbocycles. The molecule has 0 unspecified atom stereocenters. The Kier molecular flexibility index (Phi) is 5.01. The molecule has 0 fully saturated rings. The summed E-state index contributed by atoms with van der Waals surface area (Å²) in [6.45, 7) is 0. The molecule has 0 spiro atoms. The van der Waals surface area contributed by atoms with Crippen molar-refractivity contribution >= 4 is 32.5 Å². The second kappa shape index (κ2) is 8.06. The molecule has 3 nitrogen and oxygen atoms in total. The highest BCUT2D eigenvalue weighted by Crippen LogP contribution is 2.46. The Morgan fingerprint density at radius 2 is 1.05 bits per heavy atom. The minimum Gasteiger partial charge on any atom is -0.454 e. The monoisotopic (exact) mass is 508 g/mol. The van der Waals surface area contributed by atoms with Gasteiger partial charge in [0, 0.05) is 21.7 Å². The minimum atomic E-state index is -5.06. The second-order valence-electron chi connectivity index (χ2n) is 8.51. The highest BCUT2D eigenvalue weighted by molar-refractivity contribution is 6.09. The lowest BCUT2D eigenvalue weighted by molar-refractivity contribution is -0.142. The van der Waals surface area contributed by atoms with Gasteiger partial charge in [0.1, 0.15) is 17.0 Å². The van der Waals surface area contributed by atoms with Crippen LogP contribution in [0.25, 0.3) is 55.2 Å². The zero-order valence-electron chi connectivity index (χ0n) is 18.7. The largest absolute Gasteiger partial charge is 0.454 e. The molecule has 2 aromatic heterocycles. The summed E-state index contributed by atoms with van der Waals surface area (Å²) in [5.74, 6) is 0.292. The number of halogens is 6. The Morgan fingerprint density at radius 1 is 0.541 bits per heavy atom. The topological polar surface area (TPSA) is 38.9 Å². The Bertz CT molecular complexity index is 1750. The molecule has 6 rings (SSSR count). The Labute approximate surface area is 205 Å². The zero-order chi connectivity index (χ0) is 25.9. The van der Waals surface area contributed by atoms with E-state index < -0.39 is 34.7 Å². The molecule has 4 aromatic carbocycles. The lowest BCUT2D eigenvalue weighted by atomic mass is 9.92. The number of fused-ring (bicyclic) bond motifs is 3. The van der Waals surface area contributed by atoms with Crippen LogP contribution >= 0.6 is 0 Å². The predicted molar refractivity (Wildman–Crippen MR) is 128 cm³/mol. The third-order valence-electron chi connectivity index (χ3n) is 6.22. The first-order valence-corrected chi connectivity index (χ1v) is 11.1. The van der Waals surface area contributed by atoms with Crippen LogP contribution in [0.2, 0.25) is 0 Å². The van der Waals surface area contributed by atoms with Crippen LogP contribution in [-0.2, 0) is 12.4 Å². The highest BCUT2D eigenvalue weighted by atomic mass is 19.4. The molecule has 37 heavy (non-hydrogen) atoms. The van der Waals surface area contributed by atoms with Crippen molar-refractivity contribution < 1.29 is 30.8 Å². The van der Waals surface area contributed by atoms with Gasteiger partial charge in [0.2, 0.25) is 0 Å². The van der Waals surface area contributed by atoms with Crippen LogP contribution in [0.4, 0.5) is 26.3 Å². The molecular formula is C28H14F6N2O. The molecule has 2 heterocycles. The first kappa shape index (κ1) is 23.0. The van der Waals surface area contributed by atoms with Gasteiger partial charge in [-0.05, 0) is 47.2 Å². The normalized spacial score (nSPS) is 12.6. The highest BCUT2D eigenvalue weighted by Gasteiger charge is 2.42. The second-order valence-corrected chi connectivity index (χ2v) is 8.51. The molecule has 6 aromatic rings. The molecule has 0 aliphatic carbocycles. The number of rotatable bonds is 2. The van der Waals surface area contributed by atoms with Crippen molar-refractivity contribution in [3.05, 3.63) is 96.1 Å². The summed E-state index contributed by atoms with van der Waals surface area (Å²) >= 11 is 0. The van der Waals surface area contributed by atoms with E-state index in [1.165, 1.54) is 6.07 Å². The predicted octanol–water partition coefficient (Wildman–Crippen LogP) is 8.90. The van der Waals surface area contributed by atoms with Crippen molar-refractivity contribution in [1.82, 2.24) is 10.2 Å². The van der Waals surface area contributed by atoms with Crippen LogP contribution in [0.1, 0.15) is 11.1 Å². The summed E-state index contributed by atoms with van der Waals surface area (Å²) < 4.78 is 89.8. The first-order chi connectivity index (χ1) is 17.6. The molecule has 0 N–H and O–H groups in total. The molecule has 0 saturated heterocycles. The Morgan fingerprint density at radius 3 is 1.62 bits per heavy atom. The van der Waals surface area contributed by atoms with Crippen molar-refractivity contribution in [3.63, 3.8) is 0 Å². The average Bonchev–Trinajstić information content (AvgIpc) is 3.29. The van der Waals surface area contributed by atoms with Gasteiger partial charge in [-0.25, -0.2) is 0 Å². The van der Waals surface area contributed by atoms with E-state index in [-0.39, 0.29) is 11.1 Å². The molecule has 0 atom stereocenters. The van der Waals surface area contributed by atoms with Crippen molar-refractivity contribution in [2.75, 3.05) is 0 Å². The molecule has 0 bridgehead atoms. The first-order valence-electron chi connectivity index (χ1n) is 11.1. The molecular weight excluding hydrogens is 494 g/mol. The lowest BCUT2D eigenvalue weighted by Crippen LogP contribution is -2.15. The van der Waals surface area contributed by atoms with Gasteiger partial charge in [-0.3, -0.25) is 0 Å². The SMILES string of the molecule is FC(F)(F)c1cccc(C(F)(F)F)c1-c1nnc(-c2cc3ccccc3o2)c2cc3ccccc3cc12. The summed E-state index contributed by atoms with van der Waals surface area (Å²) in [5, 5.41) is 10.6. The number of furan rings is 1. The number of para-hydroxylation sites is 1. The van der Waals surface area contributed by atoms with E-state index in [4.69, 9.17) is 4.42 Å². The van der Waals surface area contributed by atoms with Crippen molar-refractivity contribution in [2.24, 2.45) is 0 Å². The fraction of sp³-hybridized carbons (Fsp3) is 0.0714. The van der Waals surface area contributed by atoms with E-state index in [2.05, 4.69) is 10.2 Å². The van der Waals surface area contributed by atoms with Gasteiger partial charge < -0.3 is 4.42 Å². The van der Waals surface area contributed by atoms with E-state index in [1.807, 2.05) is 12.1 Å². The summed E-state index contributed by atoms with van der Waals surface area (Å²) in [6, 6.07) is 21.1. The van der Waals surface area contributed by atoms with Gasteiger partial charge in [0.15, 0.2) is 5.76 Å². The van der Waals surface area contributed by atoms with Crippen LogP contribution in [0.5, 0.6) is 0 Å². The maximum atomic E-state index is 14.0. The van der Waals surface area contributed by atoms with Crippen molar-refractivity contribution in [3.8, 4) is 22.7 Å². The fourth-order valence-electron chi connectivity index (χ4n) is 4.59. The van der Waals surface area contributed by atoms with Gasteiger partial charge in [-0.15, -0.1) is 10.2 Å².